The lowest BCUT2D eigenvalue weighted by molar-refractivity contribution is -0.119. The Bertz CT molecular complexity index is 580. The van der Waals surface area contributed by atoms with Crippen LogP contribution in [0.3, 0.4) is 0 Å². The molecule has 0 bridgehead atoms. The molecule has 0 aliphatic heterocycles. The van der Waals surface area contributed by atoms with Crippen molar-refractivity contribution < 1.29 is 14.8 Å². The first kappa shape index (κ1) is 13.6. The number of nitrogens with one attached hydrogen (secondary N) is 1. The summed E-state index contributed by atoms with van der Waals surface area (Å²) in [6.07, 6.45) is 0.374. The van der Waals surface area contributed by atoms with Crippen molar-refractivity contribution in [2.75, 3.05) is 0 Å². The number of fused-ring (bicyclic) bond motifs is 1. The molecule has 0 fully saturated rings. The van der Waals surface area contributed by atoms with Crippen LogP contribution >= 0.6 is 0 Å². The highest BCUT2D eigenvalue weighted by Gasteiger charge is 2.24. The van der Waals surface area contributed by atoms with Gasteiger partial charge in [-0.15, -0.1) is 0 Å². The molecule has 0 saturated heterocycles. The van der Waals surface area contributed by atoms with Gasteiger partial charge >= 0.3 is 7.12 Å². The first-order valence-electron chi connectivity index (χ1n) is 6.18. The maximum absolute atomic E-state index is 11.1. The highest BCUT2D eigenvalue weighted by molar-refractivity contribution is 6.43. The van der Waals surface area contributed by atoms with E-state index in [0.29, 0.717) is 6.42 Å². The minimum Gasteiger partial charge on any atom is -0.426 e. The largest absolute Gasteiger partial charge is 0.475 e. The molecule has 0 unspecified atom stereocenters. The van der Waals surface area contributed by atoms with Gasteiger partial charge in [-0.1, -0.05) is 42.5 Å². The number of benzene rings is 2. The molecular formula is C14H16BNO3. The Balaban J connectivity index is 2.31. The third-order valence-corrected chi connectivity index (χ3v) is 3.07. The van der Waals surface area contributed by atoms with Crippen LogP contribution in [0.2, 0.25) is 0 Å². The average molecular weight is 257 g/mol. The van der Waals surface area contributed by atoms with E-state index in [1.54, 1.807) is 0 Å². The normalized spacial score (nSPS) is 12.2. The molecule has 0 spiro atoms. The second kappa shape index (κ2) is 5.86. The van der Waals surface area contributed by atoms with Crippen molar-refractivity contribution in [1.29, 1.82) is 0 Å². The molecule has 0 aliphatic carbocycles. The van der Waals surface area contributed by atoms with E-state index in [0.717, 1.165) is 16.3 Å². The Morgan fingerprint density at radius 1 is 1.21 bits per heavy atom. The molecule has 3 N–H and O–H groups in total. The quantitative estimate of drug-likeness (QED) is 0.713. The predicted molar refractivity (Wildman–Crippen MR) is 75.4 cm³/mol. The zero-order chi connectivity index (χ0) is 13.8. The Labute approximate surface area is 112 Å². The van der Waals surface area contributed by atoms with Gasteiger partial charge in [-0.3, -0.25) is 4.79 Å². The molecule has 0 aliphatic rings. The first-order valence-corrected chi connectivity index (χ1v) is 6.18. The van der Waals surface area contributed by atoms with Gasteiger partial charge in [0.25, 0.3) is 0 Å². The summed E-state index contributed by atoms with van der Waals surface area (Å²) in [6.45, 7) is 1.36. The summed E-state index contributed by atoms with van der Waals surface area (Å²) in [5.74, 6) is -0.985. The summed E-state index contributed by atoms with van der Waals surface area (Å²) in [6, 6.07) is 13.7. The van der Waals surface area contributed by atoms with Crippen LogP contribution in [-0.2, 0) is 11.2 Å². The number of amides is 1. The van der Waals surface area contributed by atoms with Crippen molar-refractivity contribution in [2.45, 2.75) is 19.3 Å². The summed E-state index contributed by atoms with van der Waals surface area (Å²) in [4.78, 5) is 11.1. The fourth-order valence-corrected chi connectivity index (χ4v) is 2.20. The Morgan fingerprint density at radius 3 is 2.58 bits per heavy atom. The van der Waals surface area contributed by atoms with Crippen LogP contribution in [0.15, 0.2) is 42.5 Å². The Morgan fingerprint density at radius 2 is 1.89 bits per heavy atom. The van der Waals surface area contributed by atoms with Crippen LogP contribution in [-0.4, -0.2) is 29.0 Å². The zero-order valence-corrected chi connectivity index (χ0v) is 10.7. The van der Waals surface area contributed by atoms with E-state index in [4.69, 9.17) is 0 Å². The summed E-state index contributed by atoms with van der Waals surface area (Å²) in [5, 5.41) is 23.4. The van der Waals surface area contributed by atoms with Gasteiger partial charge in [0.15, 0.2) is 0 Å². The van der Waals surface area contributed by atoms with Crippen molar-refractivity contribution in [3.05, 3.63) is 48.0 Å². The van der Waals surface area contributed by atoms with Gasteiger partial charge in [-0.25, -0.2) is 0 Å². The fourth-order valence-electron chi connectivity index (χ4n) is 2.20. The van der Waals surface area contributed by atoms with Crippen molar-refractivity contribution in [3.63, 3.8) is 0 Å². The smallest absolute Gasteiger partial charge is 0.426 e. The van der Waals surface area contributed by atoms with Gasteiger partial charge in [-0.05, 0) is 22.8 Å². The second-order valence-electron chi connectivity index (χ2n) is 4.56. The molecule has 0 radical (unpaired) electrons. The van der Waals surface area contributed by atoms with E-state index in [2.05, 4.69) is 5.32 Å². The lowest BCUT2D eigenvalue weighted by atomic mass is 9.75. The summed E-state index contributed by atoms with van der Waals surface area (Å²) < 4.78 is 0. The van der Waals surface area contributed by atoms with Crippen LogP contribution in [0.25, 0.3) is 10.8 Å². The van der Waals surface area contributed by atoms with Crippen LogP contribution < -0.4 is 5.32 Å². The minimum absolute atomic E-state index is 0.279. The van der Waals surface area contributed by atoms with Crippen LogP contribution in [0, 0.1) is 0 Å². The lowest BCUT2D eigenvalue weighted by Crippen LogP contribution is -2.47. The molecule has 2 aromatic rings. The van der Waals surface area contributed by atoms with Crippen LogP contribution in [0.1, 0.15) is 12.5 Å². The second-order valence-corrected chi connectivity index (χ2v) is 4.56. The monoisotopic (exact) mass is 257 g/mol. The molecule has 1 atom stereocenters. The molecule has 2 rings (SSSR count). The van der Waals surface area contributed by atoms with E-state index >= 15 is 0 Å². The average Bonchev–Trinajstić information content (AvgIpc) is 2.37. The number of carbonyl (C=O) groups excluding carboxylic acids is 1. The fraction of sp³-hybridized carbons (Fsp3) is 0.214. The third kappa shape index (κ3) is 3.33. The Kier molecular flexibility index (Phi) is 4.19. The van der Waals surface area contributed by atoms with Gasteiger partial charge in [0, 0.05) is 6.92 Å². The van der Waals surface area contributed by atoms with Gasteiger partial charge < -0.3 is 15.4 Å². The molecule has 2 aromatic carbocycles. The molecule has 5 heteroatoms. The molecule has 19 heavy (non-hydrogen) atoms. The van der Waals surface area contributed by atoms with Crippen molar-refractivity contribution in [1.82, 2.24) is 5.32 Å². The van der Waals surface area contributed by atoms with Crippen LogP contribution in [0.4, 0.5) is 0 Å². The Hall–Kier alpha value is -1.85. The predicted octanol–water partition coefficient (Wildman–Crippen LogP) is 0.899. The van der Waals surface area contributed by atoms with E-state index in [1.165, 1.54) is 6.92 Å². The molecule has 4 nitrogen and oxygen atoms in total. The van der Waals surface area contributed by atoms with Crippen LogP contribution in [0.5, 0.6) is 0 Å². The van der Waals surface area contributed by atoms with Gasteiger partial charge in [0.1, 0.15) is 0 Å². The number of hydrogen-bond donors (Lipinski definition) is 3. The zero-order valence-electron chi connectivity index (χ0n) is 10.7. The first-order chi connectivity index (χ1) is 9.08. The van der Waals surface area contributed by atoms with Gasteiger partial charge in [0.2, 0.25) is 5.91 Å². The summed E-state index contributed by atoms with van der Waals surface area (Å²) in [7, 11) is -1.58. The summed E-state index contributed by atoms with van der Waals surface area (Å²) in [5.41, 5.74) is 0.977. The number of carbonyl (C=O) groups is 1. The van der Waals surface area contributed by atoms with Crippen molar-refractivity contribution in [3.8, 4) is 0 Å². The van der Waals surface area contributed by atoms with Gasteiger partial charge in [0.05, 0.1) is 5.94 Å². The molecule has 98 valence electrons. The minimum atomic E-state index is -1.58. The molecule has 1 amide bonds. The van der Waals surface area contributed by atoms with E-state index in [1.807, 2.05) is 42.5 Å². The topological polar surface area (TPSA) is 69.6 Å². The van der Waals surface area contributed by atoms with Crippen molar-refractivity contribution >= 4 is 23.8 Å². The maximum atomic E-state index is 11.1. The number of rotatable bonds is 4. The molecule has 0 heterocycles. The van der Waals surface area contributed by atoms with E-state index < -0.39 is 13.1 Å². The lowest BCUT2D eigenvalue weighted by Gasteiger charge is -2.17. The molecule has 0 aromatic heterocycles. The molecule has 0 saturated carbocycles. The summed E-state index contributed by atoms with van der Waals surface area (Å²) >= 11 is 0. The highest BCUT2D eigenvalue weighted by atomic mass is 16.4. The highest BCUT2D eigenvalue weighted by Crippen LogP contribution is 2.19. The van der Waals surface area contributed by atoms with Gasteiger partial charge in [-0.2, -0.15) is 0 Å². The SMILES string of the molecule is CC(=O)N[C@H](Cc1cccc2ccccc12)B(O)O. The van der Waals surface area contributed by atoms with Crippen molar-refractivity contribution in [2.24, 2.45) is 0 Å². The van der Waals surface area contributed by atoms with E-state index in [-0.39, 0.29) is 5.91 Å². The van der Waals surface area contributed by atoms with E-state index in [9.17, 15) is 14.8 Å². The third-order valence-electron chi connectivity index (χ3n) is 3.07. The standard InChI is InChI=1S/C14H16BNO3/c1-10(17)16-14(15(18)19)9-12-7-4-6-11-5-2-3-8-13(11)12/h2-8,14,18-19H,9H2,1H3,(H,16,17)/t14-/m1/s1. The maximum Gasteiger partial charge on any atom is 0.475 e. The molecular weight excluding hydrogens is 241 g/mol. The number of hydrogen-bond acceptors (Lipinski definition) is 3.